The van der Waals surface area contributed by atoms with Crippen LogP contribution in [0.5, 0.6) is 0 Å². The van der Waals surface area contributed by atoms with E-state index in [4.69, 9.17) is 5.11 Å². The van der Waals surface area contributed by atoms with Gasteiger partial charge in [-0.2, -0.15) is 0 Å². The number of hydrogen-bond donors (Lipinski definition) is 2. The highest BCUT2D eigenvalue weighted by Crippen LogP contribution is 2.27. The second kappa shape index (κ2) is 7.09. The van der Waals surface area contributed by atoms with E-state index in [0.29, 0.717) is 25.2 Å². The molecule has 1 rings (SSSR count). The van der Waals surface area contributed by atoms with Gasteiger partial charge in [-0.25, -0.2) is 4.79 Å². The summed E-state index contributed by atoms with van der Waals surface area (Å²) in [7, 11) is 0. The molecule has 0 aromatic heterocycles. The molecule has 0 saturated heterocycles. The van der Waals surface area contributed by atoms with E-state index >= 15 is 0 Å². The first-order chi connectivity index (χ1) is 8.13. The third-order valence-electron chi connectivity index (χ3n) is 3.24. The topological polar surface area (TPSA) is 66.4 Å². The molecule has 17 heavy (non-hydrogen) atoms. The van der Waals surface area contributed by atoms with Crippen molar-refractivity contribution in [1.82, 2.24) is 5.32 Å². The van der Waals surface area contributed by atoms with Crippen LogP contribution in [-0.2, 0) is 9.59 Å². The molecule has 0 aromatic carbocycles. The van der Waals surface area contributed by atoms with Gasteiger partial charge >= 0.3 is 5.97 Å². The molecule has 2 N–H and O–H groups in total. The van der Waals surface area contributed by atoms with Crippen LogP contribution >= 0.6 is 0 Å². The van der Waals surface area contributed by atoms with Gasteiger partial charge in [0.2, 0.25) is 5.91 Å². The van der Waals surface area contributed by atoms with Gasteiger partial charge in [0, 0.05) is 6.42 Å². The number of nitrogens with one attached hydrogen (secondary N) is 1. The quantitative estimate of drug-likeness (QED) is 0.669. The van der Waals surface area contributed by atoms with Gasteiger partial charge in [-0.3, -0.25) is 4.79 Å². The minimum atomic E-state index is -0.966. The lowest BCUT2D eigenvalue weighted by Gasteiger charge is -2.15. The van der Waals surface area contributed by atoms with Gasteiger partial charge in [-0.1, -0.05) is 18.9 Å². The van der Waals surface area contributed by atoms with Crippen molar-refractivity contribution in [2.75, 3.05) is 0 Å². The number of amides is 1. The van der Waals surface area contributed by atoms with Crippen LogP contribution in [0.25, 0.3) is 0 Å². The maximum Gasteiger partial charge on any atom is 0.326 e. The SMILES string of the molecule is C=CCCC(NC(=O)CC1CCCC1)C(=O)O. The fourth-order valence-electron chi connectivity index (χ4n) is 2.27. The van der Waals surface area contributed by atoms with Crippen molar-refractivity contribution in [3.8, 4) is 0 Å². The van der Waals surface area contributed by atoms with Gasteiger partial charge < -0.3 is 10.4 Å². The number of aliphatic carboxylic acids is 1. The molecular weight excluding hydrogens is 218 g/mol. The van der Waals surface area contributed by atoms with Crippen LogP contribution in [0.2, 0.25) is 0 Å². The van der Waals surface area contributed by atoms with Gasteiger partial charge in [0.15, 0.2) is 0 Å². The smallest absolute Gasteiger partial charge is 0.326 e. The summed E-state index contributed by atoms with van der Waals surface area (Å²) < 4.78 is 0. The van der Waals surface area contributed by atoms with E-state index in [1.165, 1.54) is 12.8 Å². The van der Waals surface area contributed by atoms with Crippen LogP contribution in [0, 0.1) is 5.92 Å². The van der Waals surface area contributed by atoms with Crippen molar-refractivity contribution in [2.24, 2.45) is 5.92 Å². The number of rotatable bonds is 7. The zero-order valence-electron chi connectivity index (χ0n) is 10.2. The molecule has 4 heteroatoms. The average Bonchev–Trinajstić information content (AvgIpc) is 2.76. The minimum Gasteiger partial charge on any atom is -0.480 e. The number of carbonyl (C=O) groups excluding carboxylic acids is 1. The maximum atomic E-state index is 11.7. The molecule has 0 heterocycles. The molecule has 1 atom stereocenters. The second-order valence-electron chi connectivity index (χ2n) is 4.68. The average molecular weight is 239 g/mol. The number of allylic oxidation sites excluding steroid dienone is 1. The number of carboxylic acids is 1. The molecule has 0 aromatic rings. The Labute approximate surface area is 102 Å². The van der Waals surface area contributed by atoms with E-state index < -0.39 is 12.0 Å². The third kappa shape index (κ3) is 5.02. The van der Waals surface area contributed by atoms with E-state index in [2.05, 4.69) is 11.9 Å². The highest BCUT2D eigenvalue weighted by molar-refractivity contribution is 5.83. The zero-order chi connectivity index (χ0) is 12.7. The van der Waals surface area contributed by atoms with Crippen molar-refractivity contribution in [3.05, 3.63) is 12.7 Å². The molecule has 1 fully saturated rings. The number of carbonyl (C=O) groups is 2. The Balaban J connectivity index is 2.34. The van der Waals surface area contributed by atoms with Crippen LogP contribution in [0.3, 0.4) is 0 Å². The first-order valence-corrected chi connectivity index (χ1v) is 6.26. The van der Waals surface area contributed by atoms with Crippen LogP contribution in [0.4, 0.5) is 0 Å². The minimum absolute atomic E-state index is 0.131. The Morgan fingerprint density at radius 3 is 2.59 bits per heavy atom. The monoisotopic (exact) mass is 239 g/mol. The summed E-state index contributed by atoms with van der Waals surface area (Å²) in [4.78, 5) is 22.6. The lowest BCUT2D eigenvalue weighted by atomic mass is 10.0. The number of carboxylic acid groups (broad SMARTS) is 1. The Bertz CT molecular complexity index is 282. The van der Waals surface area contributed by atoms with Crippen molar-refractivity contribution in [1.29, 1.82) is 0 Å². The molecule has 1 aliphatic carbocycles. The van der Waals surface area contributed by atoms with E-state index in [9.17, 15) is 9.59 Å². The summed E-state index contributed by atoms with van der Waals surface area (Å²) in [5.74, 6) is -0.649. The molecule has 1 unspecified atom stereocenters. The van der Waals surface area contributed by atoms with Crippen LogP contribution < -0.4 is 5.32 Å². The van der Waals surface area contributed by atoms with E-state index in [1.807, 2.05) is 0 Å². The second-order valence-corrected chi connectivity index (χ2v) is 4.68. The summed E-state index contributed by atoms with van der Waals surface area (Å²) in [5, 5.41) is 11.6. The highest BCUT2D eigenvalue weighted by Gasteiger charge is 2.22. The Hall–Kier alpha value is -1.32. The van der Waals surface area contributed by atoms with E-state index in [0.717, 1.165) is 12.8 Å². The van der Waals surface area contributed by atoms with E-state index in [1.54, 1.807) is 6.08 Å². The molecule has 0 aliphatic heterocycles. The van der Waals surface area contributed by atoms with Gasteiger partial charge in [0.25, 0.3) is 0 Å². The first-order valence-electron chi connectivity index (χ1n) is 6.26. The van der Waals surface area contributed by atoms with Crippen LogP contribution in [-0.4, -0.2) is 23.0 Å². The van der Waals surface area contributed by atoms with Crippen LogP contribution in [0.1, 0.15) is 44.9 Å². The zero-order valence-corrected chi connectivity index (χ0v) is 10.2. The lowest BCUT2D eigenvalue weighted by molar-refractivity contribution is -0.142. The molecular formula is C13H21NO3. The fourth-order valence-corrected chi connectivity index (χ4v) is 2.27. The third-order valence-corrected chi connectivity index (χ3v) is 3.24. The summed E-state index contributed by atoms with van der Waals surface area (Å²) in [6, 6.07) is -0.776. The fraction of sp³-hybridized carbons (Fsp3) is 0.692. The summed E-state index contributed by atoms with van der Waals surface area (Å²) in [6.45, 7) is 3.55. The standard InChI is InChI=1S/C13H21NO3/c1-2-3-8-11(13(16)17)14-12(15)9-10-6-4-5-7-10/h2,10-11H,1,3-9H2,(H,14,15)(H,16,17). The molecule has 1 saturated carbocycles. The van der Waals surface area contributed by atoms with Crippen molar-refractivity contribution in [2.45, 2.75) is 51.0 Å². The molecule has 4 nitrogen and oxygen atoms in total. The van der Waals surface area contributed by atoms with Gasteiger partial charge in [-0.15, -0.1) is 6.58 Å². The number of hydrogen-bond acceptors (Lipinski definition) is 2. The van der Waals surface area contributed by atoms with Crippen molar-refractivity contribution < 1.29 is 14.7 Å². The molecule has 0 radical (unpaired) electrons. The Morgan fingerprint density at radius 2 is 2.06 bits per heavy atom. The molecule has 1 aliphatic rings. The van der Waals surface area contributed by atoms with E-state index in [-0.39, 0.29) is 5.91 Å². The molecule has 1 amide bonds. The van der Waals surface area contributed by atoms with Crippen molar-refractivity contribution >= 4 is 11.9 Å². The highest BCUT2D eigenvalue weighted by atomic mass is 16.4. The summed E-state index contributed by atoms with van der Waals surface area (Å²) in [6.07, 6.45) is 7.72. The Morgan fingerprint density at radius 1 is 1.41 bits per heavy atom. The lowest BCUT2D eigenvalue weighted by Crippen LogP contribution is -2.41. The maximum absolute atomic E-state index is 11.7. The molecule has 0 bridgehead atoms. The predicted molar refractivity (Wildman–Crippen MR) is 65.6 cm³/mol. The van der Waals surface area contributed by atoms with Gasteiger partial charge in [-0.05, 0) is 31.6 Å². The Kier molecular flexibility index (Phi) is 5.73. The molecule has 96 valence electrons. The normalized spacial score (nSPS) is 17.6. The van der Waals surface area contributed by atoms with Crippen molar-refractivity contribution in [3.63, 3.8) is 0 Å². The van der Waals surface area contributed by atoms with Gasteiger partial charge in [0.05, 0.1) is 0 Å². The largest absolute Gasteiger partial charge is 0.480 e. The van der Waals surface area contributed by atoms with Crippen LogP contribution in [0.15, 0.2) is 12.7 Å². The summed E-state index contributed by atoms with van der Waals surface area (Å²) >= 11 is 0. The first kappa shape index (κ1) is 13.7. The molecule has 0 spiro atoms. The predicted octanol–water partition coefficient (Wildman–Crippen LogP) is 2.10. The van der Waals surface area contributed by atoms with Gasteiger partial charge in [0.1, 0.15) is 6.04 Å². The summed E-state index contributed by atoms with van der Waals surface area (Å²) in [5.41, 5.74) is 0.